The van der Waals surface area contributed by atoms with Crippen LogP contribution < -0.4 is 4.90 Å². The number of piperazine rings is 1. The molecule has 3 rings (SSSR count). The number of aliphatic hydroxyl groups is 1. The highest BCUT2D eigenvalue weighted by molar-refractivity contribution is 6.30. The van der Waals surface area contributed by atoms with Crippen molar-refractivity contribution in [1.82, 2.24) is 15.0 Å². The van der Waals surface area contributed by atoms with E-state index >= 15 is 0 Å². The van der Waals surface area contributed by atoms with E-state index in [9.17, 15) is 5.11 Å². The van der Waals surface area contributed by atoms with Crippen molar-refractivity contribution in [3.05, 3.63) is 29.3 Å². The number of hydrogen-bond donors (Lipinski definition) is 1. The van der Waals surface area contributed by atoms with Crippen LogP contribution in [0.1, 0.15) is 6.92 Å². The third-order valence-corrected chi connectivity index (χ3v) is 3.90. The summed E-state index contributed by atoms with van der Waals surface area (Å²) in [5.41, 5.74) is 0.843. The van der Waals surface area contributed by atoms with Gasteiger partial charge in [0, 0.05) is 43.3 Å². The van der Waals surface area contributed by atoms with E-state index in [0.717, 1.165) is 31.7 Å². The summed E-state index contributed by atoms with van der Waals surface area (Å²) in [6.45, 7) is 5.88. The van der Waals surface area contributed by atoms with E-state index < -0.39 is 0 Å². The summed E-state index contributed by atoms with van der Waals surface area (Å²) in [6, 6.07) is 7.93. The number of benzene rings is 1. The molecule has 0 aliphatic carbocycles. The summed E-state index contributed by atoms with van der Waals surface area (Å²) in [4.78, 5) is 8.75. The van der Waals surface area contributed by atoms with Gasteiger partial charge in [0.05, 0.1) is 6.10 Å². The normalized spacial score (nSPS) is 17.7. The molecule has 2 aromatic rings. The van der Waals surface area contributed by atoms with Gasteiger partial charge in [0.2, 0.25) is 5.82 Å². The van der Waals surface area contributed by atoms with Crippen LogP contribution in [0.25, 0.3) is 11.4 Å². The smallest absolute Gasteiger partial charge is 0.324 e. The third kappa shape index (κ3) is 3.58. The van der Waals surface area contributed by atoms with Crippen molar-refractivity contribution in [3.8, 4) is 11.4 Å². The molecule has 0 spiro atoms. The topological polar surface area (TPSA) is 65.6 Å². The first-order valence-electron chi connectivity index (χ1n) is 7.37. The molecule has 1 N–H and O–H groups in total. The molecule has 22 heavy (non-hydrogen) atoms. The van der Waals surface area contributed by atoms with Gasteiger partial charge in [-0.1, -0.05) is 28.9 Å². The van der Waals surface area contributed by atoms with Crippen LogP contribution in [0.2, 0.25) is 5.02 Å². The summed E-state index contributed by atoms with van der Waals surface area (Å²) in [5, 5.41) is 14.1. The molecule has 1 aromatic carbocycles. The molecule has 118 valence electrons. The number of β-amino-alcohol motifs (C(OH)–C–C–N with tert-alkyl or cyclic N) is 1. The molecule has 0 saturated carbocycles. The van der Waals surface area contributed by atoms with Gasteiger partial charge >= 0.3 is 6.01 Å². The molecule has 1 aromatic heterocycles. The molecule has 1 saturated heterocycles. The second kappa shape index (κ2) is 6.64. The molecule has 2 heterocycles. The molecule has 0 bridgehead atoms. The largest absolute Gasteiger partial charge is 0.392 e. The Kier molecular flexibility index (Phi) is 4.61. The van der Waals surface area contributed by atoms with Gasteiger partial charge in [-0.15, -0.1) is 0 Å². The lowest BCUT2D eigenvalue weighted by molar-refractivity contribution is 0.122. The van der Waals surface area contributed by atoms with Gasteiger partial charge in [-0.25, -0.2) is 0 Å². The third-order valence-electron chi connectivity index (χ3n) is 3.66. The van der Waals surface area contributed by atoms with Crippen molar-refractivity contribution in [1.29, 1.82) is 0 Å². The van der Waals surface area contributed by atoms with Crippen molar-refractivity contribution >= 4 is 17.6 Å². The van der Waals surface area contributed by atoms with E-state index in [0.29, 0.717) is 23.4 Å². The zero-order chi connectivity index (χ0) is 15.5. The molecule has 1 aliphatic rings. The summed E-state index contributed by atoms with van der Waals surface area (Å²) < 4.78 is 5.37. The van der Waals surface area contributed by atoms with E-state index in [1.807, 2.05) is 31.2 Å². The van der Waals surface area contributed by atoms with Crippen LogP contribution in [0.4, 0.5) is 6.01 Å². The van der Waals surface area contributed by atoms with Crippen molar-refractivity contribution in [2.75, 3.05) is 37.6 Å². The summed E-state index contributed by atoms with van der Waals surface area (Å²) >= 11 is 5.99. The van der Waals surface area contributed by atoms with Gasteiger partial charge in [-0.3, -0.25) is 4.90 Å². The van der Waals surface area contributed by atoms with Gasteiger partial charge in [0.15, 0.2) is 0 Å². The number of aliphatic hydroxyl groups excluding tert-OH is 1. The number of nitrogens with zero attached hydrogens (tertiary/aromatic N) is 4. The summed E-state index contributed by atoms with van der Waals surface area (Å²) in [7, 11) is 0. The molecule has 0 amide bonds. The van der Waals surface area contributed by atoms with Crippen LogP contribution in [0.3, 0.4) is 0 Å². The standard InChI is InChI=1S/C15H19ClN4O2/c1-11(21)10-19-5-7-20(8-6-19)15-17-14(18-22-15)12-3-2-4-13(16)9-12/h2-4,9,11,21H,5-8,10H2,1H3/t11-/m1/s1. The van der Waals surface area contributed by atoms with Crippen molar-refractivity contribution in [2.45, 2.75) is 13.0 Å². The maximum absolute atomic E-state index is 9.43. The van der Waals surface area contributed by atoms with Crippen molar-refractivity contribution in [3.63, 3.8) is 0 Å². The van der Waals surface area contributed by atoms with Crippen LogP contribution >= 0.6 is 11.6 Å². The molecule has 6 nitrogen and oxygen atoms in total. The molecular weight excluding hydrogens is 304 g/mol. The van der Waals surface area contributed by atoms with E-state index in [1.54, 1.807) is 0 Å². The van der Waals surface area contributed by atoms with E-state index in [-0.39, 0.29) is 6.10 Å². The average molecular weight is 323 g/mol. The Labute approximate surface area is 134 Å². The van der Waals surface area contributed by atoms with Crippen LogP contribution in [-0.2, 0) is 0 Å². The minimum absolute atomic E-state index is 0.301. The Morgan fingerprint density at radius 1 is 1.32 bits per heavy atom. The van der Waals surface area contributed by atoms with Gasteiger partial charge in [0.1, 0.15) is 0 Å². The molecule has 0 unspecified atom stereocenters. The predicted molar refractivity (Wildman–Crippen MR) is 85.1 cm³/mol. The molecular formula is C15H19ClN4O2. The fourth-order valence-corrected chi connectivity index (χ4v) is 2.77. The second-order valence-electron chi connectivity index (χ2n) is 5.55. The quantitative estimate of drug-likeness (QED) is 0.927. The number of aromatic nitrogens is 2. The molecule has 0 radical (unpaired) electrons. The molecule has 7 heteroatoms. The molecule has 1 atom stereocenters. The lowest BCUT2D eigenvalue weighted by Gasteiger charge is -2.33. The maximum Gasteiger partial charge on any atom is 0.324 e. The first kappa shape index (κ1) is 15.3. The average Bonchev–Trinajstić information content (AvgIpc) is 2.97. The highest BCUT2D eigenvalue weighted by atomic mass is 35.5. The van der Waals surface area contributed by atoms with Crippen molar-refractivity contribution in [2.24, 2.45) is 0 Å². The fraction of sp³-hybridized carbons (Fsp3) is 0.467. The number of hydrogen-bond acceptors (Lipinski definition) is 6. The number of rotatable bonds is 4. The highest BCUT2D eigenvalue weighted by Gasteiger charge is 2.22. The summed E-state index contributed by atoms with van der Waals surface area (Å²) in [5.74, 6) is 0.545. The Bertz CT molecular complexity index is 624. The zero-order valence-corrected chi connectivity index (χ0v) is 13.2. The predicted octanol–water partition coefficient (Wildman–Crippen LogP) is 1.89. The minimum Gasteiger partial charge on any atom is -0.392 e. The SMILES string of the molecule is C[C@@H](O)CN1CCN(c2nc(-c3cccc(Cl)c3)no2)CC1. The van der Waals surface area contributed by atoms with Crippen molar-refractivity contribution < 1.29 is 9.63 Å². The first-order chi connectivity index (χ1) is 10.6. The van der Waals surface area contributed by atoms with E-state index in [4.69, 9.17) is 16.1 Å². The van der Waals surface area contributed by atoms with Crippen LogP contribution in [0, 0.1) is 0 Å². The zero-order valence-electron chi connectivity index (χ0n) is 12.4. The first-order valence-corrected chi connectivity index (χ1v) is 7.74. The number of halogens is 1. The van der Waals surface area contributed by atoms with Crippen LogP contribution in [-0.4, -0.2) is 59.0 Å². The Balaban J connectivity index is 1.65. The Hall–Kier alpha value is -1.63. The monoisotopic (exact) mass is 322 g/mol. The highest BCUT2D eigenvalue weighted by Crippen LogP contribution is 2.23. The lowest BCUT2D eigenvalue weighted by Crippen LogP contribution is -2.48. The molecule has 1 aliphatic heterocycles. The molecule has 1 fully saturated rings. The van der Waals surface area contributed by atoms with E-state index in [2.05, 4.69) is 19.9 Å². The van der Waals surface area contributed by atoms with Gasteiger partial charge in [-0.2, -0.15) is 4.98 Å². The fourth-order valence-electron chi connectivity index (χ4n) is 2.58. The Morgan fingerprint density at radius 2 is 2.09 bits per heavy atom. The van der Waals surface area contributed by atoms with Gasteiger partial charge in [-0.05, 0) is 19.1 Å². The van der Waals surface area contributed by atoms with Gasteiger partial charge < -0.3 is 14.5 Å². The van der Waals surface area contributed by atoms with E-state index in [1.165, 1.54) is 0 Å². The summed E-state index contributed by atoms with van der Waals surface area (Å²) in [6.07, 6.45) is -0.301. The second-order valence-corrected chi connectivity index (χ2v) is 5.98. The van der Waals surface area contributed by atoms with Gasteiger partial charge in [0.25, 0.3) is 0 Å². The number of anilines is 1. The van der Waals surface area contributed by atoms with Crippen LogP contribution in [0.15, 0.2) is 28.8 Å². The van der Waals surface area contributed by atoms with Crippen LogP contribution in [0.5, 0.6) is 0 Å². The maximum atomic E-state index is 9.43. The minimum atomic E-state index is -0.301. The lowest BCUT2D eigenvalue weighted by atomic mass is 10.2. The Morgan fingerprint density at radius 3 is 2.77 bits per heavy atom.